The van der Waals surface area contributed by atoms with Gasteiger partial charge in [0.1, 0.15) is 0 Å². The van der Waals surface area contributed by atoms with Crippen LogP contribution < -0.4 is 5.32 Å². The summed E-state index contributed by atoms with van der Waals surface area (Å²) in [7, 11) is 3.83. The van der Waals surface area contributed by atoms with E-state index in [2.05, 4.69) is 49.3 Å². The Morgan fingerprint density at radius 1 is 1.38 bits per heavy atom. The minimum Gasteiger partial charge on any atom is -0.356 e. The maximum absolute atomic E-state index is 4.51. The zero-order valence-corrected chi connectivity index (χ0v) is 18.5. The summed E-state index contributed by atoms with van der Waals surface area (Å²) < 4.78 is 3.96. The average molecular weight is 471 g/mol. The minimum atomic E-state index is 0. The third-order valence-corrected chi connectivity index (χ3v) is 4.83. The van der Waals surface area contributed by atoms with E-state index in [1.807, 2.05) is 31.9 Å². The van der Waals surface area contributed by atoms with Crippen molar-refractivity contribution >= 4 is 29.9 Å². The Morgan fingerprint density at radius 2 is 2.19 bits per heavy atom. The quantitative estimate of drug-likeness (QED) is 0.315. The van der Waals surface area contributed by atoms with Crippen molar-refractivity contribution in [3.63, 3.8) is 0 Å². The Bertz CT molecular complexity index is 734. The molecule has 1 aliphatic heterocycles. The predicted molar refractivity (Wildman–Crippen MR) is 115 cm³/mol. The van der Waals surface area contributed by atoms with Crippen LogP contribution in [0.4, 0.5) is 0 Å². The first-order valence-electron chi connectivity index (χ1n) is 9.02. The van der Waals surface area contributed by atoms with Gasteiger partial charge in [-0.1, -0.05) is 0 Å². The lowest BCUT2D eigenvalue weighted by Gasteiger charge is -2.21. The van der Waals surface area contributed by atoms with Crippen LogP contribution in [0.25, 0.3) is 0 Å². The molecule has 2 aromatic heterocycles. The van der Waals surface area contributed by atoms with Gasteiger partial charge in [-0.3, -0.25) is 14.4 Å². The van der Waals surface area contributed by atoms with E-state index in [0.29, 0.717) is 5.92 Å². The van der Waals surface area contributed by atoms with Crippen molar-refractivity contribution in [2.24, 2.45) is 12.0 Å². The van der Waals surface area contributed by atoms with E-state index < -0.39 is 0 Å². The van der Waals surface area contributed by atoms with Crippen LogP contribution in [0.15, 0.2) is 23.5 Å². The largest absolute Gasteiger partial charge is 0.356 e. The van der Waals surface area contributed by atoms with Crippen LogP contribution in [-0.2, 0) is 13.6 Å². The van der Waals surface area contributed by atoms with Gasteiger partial charge in [0, 0.05) is 58.1 Å². The monoisotopic (exact) mass is 471 g/mol. The van der Waals surface area contributed by atoms with Gasteiger partial charge in [0.2, 0.25) is 0 Å². The van der Waals surface area contributed by atoms with Crippen molar-refractivity contribution in [3.05, 3.63) is 35.4 Å². The topological polar surface area (TPSA) is 63.3 Å². The molecule has 0 bridgehead atoms. The Labute approximate surface area is 172 Å². The highest BCUT2D eigenvalue weighted by Crippen LogP contribution is 2.26. The Hall–Kier alpha value is -1.58. The molecule has 1 atom stereocenters. The normalized spacial score (nSPS) is 17.5. The second-order valence-corrected chi connectivity index (χ2v) is 6.86. The van der Waals surface area contributed by atoms with Crippen molar-refractivity contribution in [2.75, 3.05) is 26.7 Å². The van der Waals surface area contributed by atoms with Crippen LogP contribution in [0.2, 0.25) is 0 Å². The molecular formula is C18H30IN7. The maximum atomic E-state index is 4.51. The minimum absolute atomic E-state index is 0. The van der Waals surface area contributed by atoms with E-state index >= 15 is 0 Å². The van der Waals surface area contributed by atoms with Crippen LogP contribution in [0.5, 0.6) is 0 Å². The van der Waals surface area contributed by atoms with Crippen LogP contribution >= 0.6 is 24.0 Å². The van der Waals surface area contributed by atoms with Crippen LogP contribution in [0.3, 0.4) is 0 Å². The van der Waals surface area contributed by atoms with Crippen LogP contribution in [0.1, 0.15) is 35.7 Å². The molecule has 7 nitrogen and oxygen atoms in total. The zero-order valence-electron chi connectivity index (χ0n) is 16.1. The van der Waals surface area contributed by atoms with Crippen LogP contribution in [0, 0.1) is 13.8 Å². The van der Waals surface area contributed by atoms with Gasteiger partial charge in [0.25, 0.3) is 0 Å². The van der Waals surface area contributed by atoms with Gasteiger partial charge >= 0.3 is 0 Å². The van der Waals surface area contributed by atoms with Gasteiger partial charge in [-0.25, -0.2) is 0 Å². The molecule has 0 aromatic carbocycles. The molecule has 0 amide bonds. The Morgan fingerprint density at radius 3 is 2.81 bits per heavy atom. The van der Waals surface area contributed by atoms with Gasteiger partial charge in [0.15, 0.2) is 5.96 Å². The van der Waals surface area contributed by atoms with E-state index in [9.17, 15) is 0 Å². The third-order valence-electron chi connectivity index (χ3n) is 4.83. The number of halogens is 1. The highest BCUT2D eigenvalue weighted by atomic mass is 127. The molecule has 0 spiro atoms. The Kier molecular flexibility index (Phi) is 7.48. The second-order valence-electron chi connectivity index (χ2n) is 6.86. The first-order chi connectivity index (χ1) is 12.1. The summed E-state index contributed by atoms with van der Waals surface area (Å²) in [5.74, 6) is 1.54. The smallest absolute Gasteiger partial charge is 0.193 e. The summed E-state index contributed by atoms with van der Waals surface area (Å²) in [6, 6.07) is 2.12. The SMILES string of the molecule is CN=C(NCCCn1nc(C)cc1C)N1CCC(c2cnn(C)c2)C1.I. The molecule has 0 saturated carbocycles. The molecule has 1 unspecified atom stereocenters. The number of rotatable bonds is 5. The molecule has 144 valence electrons. The fourth-order valence-corrected chi connectivity index (χ4v) is 3.54. The molecule has 2 aromatic rings. The lowest BCUT2D eigenvalue weighted by Crippen LogP contribution is -2.40. The van der Waals surface area contributed by atoms with Gasteiger partial charge in [0.05, 0.1) is 11.9 Å². The number of aromatic nitrogens is 4. The molecule has 1 saturated heterocycles. The zero-order chi connectivity index (χ0) is 17.8. The number of hydrogen-bond donors (Lipinski definition) is 1. The number of nitrogens with zero attached hydrogens (tertiary/aromatic N) is 6. The number of hydrogen-bond acceptors (Lipinski definition) is 3. The summed E-state index contributed by atoms with van der Waals surface area (Å²) in [6.07, 6.45) is 6.29. The molecule has 8 heteroatoms. The summed E-state index contributed by atoms with van der Waals surface area (Å²) in [6.45, 7) is 8.02. The highest BCUT2D eigenvalue weighted by molar-refractivity contribution is 14.0. The number of likely N-dealkylation sites (tertiary alicyclic amines) is 1. The summed E-state index contributed by atoms with van der Waals surface area (Å²) in [4.78, 5) is 6.81. The molecule has 0 aliphatic carbocycles. The van der Waals surface area contributed by atoms with Crippen molar-refractivity contribution in [1.82, 2.24) is 29.8 Å². The molecule has 3 rings (SSSR count). The molecule has 1 aliphatic rings. The number of nitrogens with one attached hydrogen (secondary N) is 1. The molecule has 3 heterocycles. The molecule has 1 N–H and O–H groups in total. The first kappa shape index (κ1) is 20.7. The molecule has 0 radical (unpaired) electrons. The predicted octanol–water partition coefficient (Wildman–Crippen LogP) is 2.31. The third kappa shape index (κ3) is 4.99. The summed E-state index contributed by atoms with van der Waals surface area (Å²) >= 11 is 0. The van der Waals surface area contributed by atoms with E-state index in [0.717, 1.165) is 50.7 Å². The van der Waals surface area contributed by atoms with Crippen molar-refractivity contribution < 1.29 is 0 Å². The maximum Gasteiger partial charge on any atom is 0.193 e. The lowest BCUT2D eigenvalue weighted by atomic mass is 10.0. The number of guanidine groups is 1. The van der Waals surface area contributed by atoms with E-state index in [4.69, 9.17) is 0 Å². The number of aryl methyl sites for hydroxylation is 4. The van der Waals surface area contributed by atoms with Gasteiger partial charge < -0.3 is 10.2 Å². The Balaban J connectivity index is 0.00000243. The van der Waals surface area contributed by atoms with Gasteiger partial charge in [-0.15, -0.1) is 24.0 Å². The molecule has 26 heavy (non-hydrogen) atoms. The van der Waals surface area contributed by atoms with Crippen LogP contribution in [-0.4, -0.2) is 57.1 Å². The van der Waals surface area contributed by atoms with E-state index in [1.54, 1.807) is 0 Å². The standard InChI is InChI=1S/C18H29N7.HI/c1-14-10-15(2)25(22-14)8-5-7-20-18(19-3)24-9-6-16(13-24)17-11-21-23(4)12-17;/h10-12,16H,5-9,13H2,1-4H3,(H,19,20);1H. The number of aliphatic imine (C=N–C) groups is 1. The highest BCUT2D eigenvalue weighted by Gasteiger charge is 2.26. The molecule has 1 fully saturated rings. The fraction of sp³-hybridized carbons (Fsp3) is 0.611. The fourth-order valence-electron chi connectivity index (χ4n) is 3.54. The molecular weight excluding hydrogens is 441 g/mol. The van der Waals surface area contributed by atoms with Gasteiger partial charge in [-0.05, 0) is 38.3 Å². The lowest BCUT2D eigenvalue weighted by molar-refractivity contribution is 0.478. The van der Waals surface area contributed by atoms with Crippen molar-refractivity contribution in [3.8, 4) is 0 Å². The first-order valence-corrected chi connectivity index (χ1v) is 9.02. The summed E-state index contributed by atoms with van der Waals surface area (Å²) in [5, 5.41) is 12.3. The van der Waals surface area contributed by atoms with Crippen molar-refractivity contribution in [2.45, 2.75) is 39.2 Å². The van der Waals surface area contributed by atoms with E-state index in [1.165, 1.54) is 11.3 Å². The van der Waals surface area contributed by atoms with Crippen molar-refractivity contribution in [1.29, 1.82) is 0 Å². The van der Waals surface area contributed by atoms with Gasteiger partial charge in [-0.2, -0.15) is 10.2 Å². The second kappa shape index (κ2) is 9.38. The van der Waals surface area contributed by atoms with E-state index in [-0.39, 0.29) is 24.0 Å². The average Bonchev–Trinajstić information content (AvgIpc) is 3.28. The summed E-state index contributed by atoms with van der Waals surface area (Å²) in [5.41, 5.74) is 3.63.